The Kier molecular flexibility index (Phi) is 6.18. The summed E-state index contributed by atoms with van der Waals surface area (Å²) in [5, 5.41) is 9.56. The van der Waals surface area contributed by atoms with Crippen LogP contribution in [0, 0.1) is 11.3 Å². The molecule has 138 valence electrons. The number of carbonyl (C=O) groups excluding carboxylic acids is 1. The second-order valence-electron chi connectivity index (χ2n) is 6.24. The maximum absolute atomic E-state index is 12.3. The van der Waals surface area contributed by atoms with Crippen molar-refractivity contribution in [3.63, 3.8) is 0 Å². The standard InChI is InChI=1S/C14H24N2O7S/c1-22-4-2-6-24(20,21)15-7-12(17)16-8-11-9-23-5-3-14(11,10-16)13(18)19/h11,15H,2-10H2,1H3,(H,18,19)/t11-,14+/m0/s1. The third-order valence-electron chi connectivity index (χ3n) is 4.69. The molecule has 2 aliphatic rings. The molecule has 0 unspecified atom stereocenters. The number of likely N-dealkylation sites (tertiary alicyclic amines) is 1. The highest BCUT2D eigenvalue weighted by Gasteiger charge is 2.54. The van der Waals surface area contributed by atoms with Crippen molar-refractivity contribution in [2.45, 2.75) is 12.8 Å². The van der Waals surface area contributed by atoms with Crippen LogP contribution in [0.1, 0.15) is 12.8 Å². The largest absolute Gasteiger partial charge is 0.481 e. The lowest BCUT2D eigenvalue weighted by molar-refractivity contribution is -0.157. The summed E-state index contributed by atoms with van der Waals surface area (Å²) < 4.78 is 36.0. The van der Waals surface area contributed by atoms with E-state index in [1.54, 1.807) is 0 Å². The monoisotopic (exact) mass is 364 g/mol. The van der Waals surface area contributed by atoms with Crippen molar-refractivity contribution < 1.29 is 32.6 Å². The molecule has 0 aromatic heterocycles. The molecule has 2 N–H and O–H groups in total. The van der Waals surface area contributed by atoms with E-state index in [4.69, 9.17) is 9.47 Å². The first-order valence-corrected chi connectivity index (χ1v) is 9.51. The van der Waals surface area contributed by atoms with Crippen molar-refractivity contribution in [3.05, 3.63) is 0 Å². The number of nitrogens with zero attached hydrogens (tertiary/aromatic N) is 1. The van der Waals surface area contributed by atoms with Crippen LogP contribution in [0.3, 0.4) is 0 Å². The van der Waals surface area contributed by atoms with Crippen molar-refractivity contribution in [1.29, 1.82) is 0 Å². The number of aliphatic carboxylic acids is 1. The van der Waals surface area contributed by atoms with Crippen molar-refractivity contribution >= 4 is 21.9 Å². The summed E-state index contributed by atoms with van der Waals surface area (Å²) >= 11 is 0. The van der Waals surface area contributed by atoms with Crippen molar-refractivity contribution in [2.24, 2.45) is 11.3 Å². The van der Waals surface area contributed by atoms with E-state index in [-0.39, 0.29) is 31.3 Å². The van der Waals surface area contributed by atoms with Gasteiger partial charge >= 0.3 is 5.97 Å². The van der Waals surface area contributed by atoms with Crippen LogP contribution >= 0.6 is 0 Å². The number of carbonyl (C=O) groups is 2. The van der Waals surface area contributed by atoms with Gasteiger partial charge in [0, 0.05) is 39.3 Å². The molecule has 2 rings (SSSR count). The van der Waals surface area contributed by atoms with Gasteiger partial charge in [0.2, 0.25) is 15.9 Å². The average Bonchev–Trinajstić information content (AvgIpc) is 2.94. The number of nitrogens with one attached hydrogen (secondary N) is 1. The molecule has 0 aliphatic carbocycles. The summed E-state index contributed by atoms with van der Waals surface area (Å²) in [5.74, 6) is -1.72. The van der Waals surface area contributed by atoms with Crippen LogP contribution in [0.15, 0.2) is 0 Å². The van der Waals surface area contributed by atoms with Gasteiger partial charge in [0.1, 0.15) is 0 Å². The lowest BCUT2D eigenvalue weighted by Gasteiger charge is -2.33. The van der Waals surface area contributed by atoms with Gasteiger partial charge in [-0.15, -0.1) is 0 Å². The van der Waals surface area contributed by atoms with Crippen molar-refractivity contribution in [1.82, 2.24) is 9.62 Å². The number of methoxy groups -OCH3 is 1. The van der Waals surface area contributed by atoms with E-state index >= 15 is 0 Å². The minimum absolute atomic E-state index is 0.0978. The molecule has 0 aromatic carbocycles. The Hall–Kier alpha value is -1.23. The topological polar surface area (TPSA) is 122 Å². The van der Waals surface area contributed by atoms with E-state index in [0.717, 1.165) is 0 Å². The van der Waals surface area contributed by atoms with E-state index in [2.05, 4.69) is 4.72 Å². The number of sulfonamides is 1. The first-order chi connectivity index (χ1) is 11.3. The zero-order valence-corrected chi connectivity index (χ0v) is 14.5. The lowest BCUT2D eigenvalue weighted by Crippen LogP contribution is -2.45. The van der Waals surface area contributed by atoms with Crippen molar-refractivity contribution in [2.75, 3.05) is 52.3 Å². The summed E-state index contributed by atoms with van der Waals surface area (Å²) in [6.07, 6.45) is 0.699. The number of hydrogen-bond acceptors (Lipinski definition) is 6. The number of amides is 1. The Morgan fingerprint density at radius 1 is 1.46 bits per heavy atom. The summed E-state index contributed by atoms with van der Waals surface area (Å²) in [4.78, 5) is 25.4. The second kappa shape index (κ2) is 7.77. The Labute approximate surface area is 141 Å². The number of fused-ring (bicyclic) bond motifs is 1. The van der Waals surface area contributed by atoms with Gasteiger partial charge in [-0.05, 0) is 12.8 Å². The fourth-order valence-corrected chi connectivity index (χ4v) is 4.22. The quantitative estimate of drug-likeness (QED) is 0.524. The second-order valence-corrected chi connectivity index (χ2v) is 8.17. The Morgan fingerprint density at radius 2 is 2.21 bits per heavy atom. The molecule has 1 amide bonds. The third-order valence-corrected chi connectivity index (χ3v) is 6.10. The summed E-state index contributed by atoms with van der Waals surface area (Å²) in [6.45, 7) is 0.995. The summed E-state index contributed by atoms with van der Waals surface area (Å²) in [6, 6.07) is 0. The highest BCUT2D eigenvalue weighted by Crippen LogP contribution is 2.42. The zero-order chi connectivity index (χ0) is 17.8. The molecule has 0 aromatic rings. The van der Waals surface area contributed by atoms with Crippen LogP contribution in [0.5, 0.6) is 0 Å². The zero-order valence-electron chi connectivity index (χ0n) is 13.7. The molecule has 2 atom stereocenters. The smallest absolute Gasteiger partial charge is 0.311 e. The van der Waals surface area contributed by atoms with E-state index in [1.165, 1.54) is 12.0 Å². The molecule has 2 heterocycles. The number of carboxylic acids is 1. The Balaban J connectivity index is 1.91. The van der Waals surface area contributed by atoms with Gasteiger partial charge in [-0.2, -0.15) is 0 Å². The lowest BCUT2D eigenvalue weighted by atomic mass is 9.74. The van der Waals surface area contributed by atoms with Gasteiger partial charge in [-0.3, -0.25) is 9.59 Å². The normalized spacial score (nSPS) is 27.0. The van der Waals surface area contributed by atoms with Crippen LogP contribution in [0.25, 0.3) is 0 Å². The fraction of sp³-hybridized carbons (Fsp3) is 0.857. The van der Waals surface area contributed by atoms with E-state index in [0.29, 0.717) is 32.7 Å². The Bertz CT molecular complexity index is 580. The van der Waals surface area contributed by atoms with E-state index < -0.39 is 27.3 Å². The molecule has 0 saturated carbocycles. The van der Waals surface area contributed by atoms with Crippen LogP contribution < -0.4 is 4.72 Å². The SMILES string of the molecule is COCCCS(=O)(=O)NCC(=O)N1C[C@H]2COCC[C@@]2(C(=O)O)C1. The van der Waals surface area contributed by atoms with Gasteiger partial charge in [-0.1, -0.05) is 0 Å². The Morgan fingerprint density at radius 3 is 2.83 bits per heavy atom. The van der Waals surface area contributed by atoms with Gasteiger partial charge in [0.05, 0.1) is 24.3 Å². The van der Waals surface area contributed by atoms with E-state index in [9.17, 15) is 23.1 Å². The molecule has 0 radical (unpaired) electrons. The predicted octanol–water partition coefficient (Wildman–Crippen LogP) is -1.11. The fourth-order valence-electron chi connectivity index (χ4n) is 3.24. The molecule has 9 nitrogen and oxygen atoms in total. The van der Waals surface area contributed by atoms with Gasteiger partial charge in [0.15, 0.2) is 0 Å². The third kappa shape index (κ3) is 4.24. The number of carboxylic acid groups (broad SMARTS) is 1. The molecular formula is C14H24N2O7S. The minimum atomic E-state index is -3.55. The first-order valence-electron chi connectivity index (χ1n) is 7.86. The first kappa shape index (κ1) is 19.1. The van der Waals surface area contributed by atoms with Gasteiger partial charge < -0.3 is 19.5 Å². The summed E-state index contributed by atoms with van der Waals surface area (Å²) in [7, 11) is -2.07. The maximum atomic E-state index is 12.3. The molecule has 2 aliphatic heterocycles. The van der Waals surface area contributed by atoms with Crippen LogP contribution in [0.4, 0.5) is 0 Å². The van der Waals surface area contributed by atoms with Crippen LogP contribution in [0.2, 0.25) is 0 Å². The van der Waals surface area contributed by atoms with Gasteiger partial charge in [0.25, 0.3) is 0 Å². The number of hydrogen-bond donors (Lipinski definition) is 2. The van der Waals surface area contributed by atoms with Crippen molar-refractivity contribution in [3.8, 4) is 0 Å². The number of rotatable bonds is 8. The number of ether oxygens (including phenoxy) is 2. The highest BCUT2D eigenvalue weighted by molar-refractivity contribution is 7.89. The van der Waals surface area contributed by atoms with E-state index in [1.807, 2.05) is 0 Å². The molecule has 0 spiro atoms. The molecule has 10 heteroatoms. The predicted molar refractivity (Wildman–Crippen MR) is 83.9 cm³/mol. The molecule has 0 bridgehead atoms. The maximum Gasteiger partial charge on any atom is 0.311 e. The van der Waals surface area contributed by atoms with Gasteiger partial charge in [-0.25, -0.2) is 13.1 Å². The highest BCUT2D eigenvalue weighted by atomic mass is 32.2. The molecule has 2 fully saturated rings. The minimum Gasteiger partial charge on any atom is -0.481 e. The van der Waals surface area contributed by atoms with Crippen LogP contribution in [-0.2, 0) is 29.1 Å². The summed E-state index contributed by atoms with van der Waals surface area (Å²) in [5.41, 5.74) is -0.981. The van der Waals surface area contributed by atoms with Crippen LogP contribution in [-0.4, -0.2) is 82.6 Å². The molecule has 2 saturated heterocycles. The molecule has 24 heavy (non-hydrogen) atoms. The average molecular weight is 364 g/mol. The molecular weight excluding hydrogens is 340 g/mol.